The van der Waals surface area contributed by atoms with E-state index in [9.17, 15) is 18.0 Å². The maximum atomic E-state index is 12.2. The fourth-order valence-corrected chi connectivity index (χ4v) is 4.88. The van der Waals surface area contributed by atoms with Gasteiger partial charge in [-0.1, -0.05) is 0 Å². The molecule has 0 atom stereocenters. The number of rotatable bonds is 6. The average molecular weight is 372 g/mol. The zero-order valence-electron chi connectivity index (χ0n) is 13.3. The first kappa shape index (κ1) is 18.8. The molecule has 0 bridgehead atoms. The Morgan fingerprint density at radius 1 is 1.21 bits per heavy atom. The standard InChI is InChI=1S/C15H20N2O5S2/c1-11-8-12(10-13(9-11)15(19)20)14(18)16-2-7-24(21,22)17-3-5-23-6-4-17/h8-10H,2-7H2,1H3,(H,16,18)(H,19,20). The largest absolute Gasteiger partial charge is 0.478 e. The lowest BCUT2D eigenvalue weighted by Crippen LogP contribution is -2.41. The van der Waals surface area contributed by atoms with Crippen LogP contribution in [-0.4, -0.2) is 66.6 Å². The molecule has 2 N–H and O–H groups in total. The fraction of sp³-hybridized carbons (Fsp3) is 0.467. The number of benzene rings is 1. The molecule has 0 radical (unpaired) electrons. The first-order valence-corrected chi connectivity index (χ1v) is 10.2. The molecule has 1 aromatic carbocycles. The van der Waals surface area contributed by atoms with Crippen LogP contribution in [0.3, 0.4) is 0 Å². The zero-order valence-corrected chi connectivity index (χ0v) is 15.0. The summed E-state index contributed by atoms with van der Waals surface area (Å²) in [5, 5.41) is 11.6. The van der Waals surface area contributed by atoms with E-state index in [2.05, 4.69) is 5.32 Å². The Balaban J connectivity index is 1.94. The van der Waals surface area contributed by atoms with Crippen LogP contribution in [0.4, 0.5) is 0 Å². The normalized spacial score (nSPS) is 15.9. The molecule has 1 aliphatic rings. The first-order chi connectivity index (χ1) is 11.3. The van der Waals surface area contributed by atoms with E-state index in [1.807, 2.05) is 0 Å². The van der Waals surface area contributed by atoms with E-state index < -0.39 is 21.9 Å². The fourth-order valence-electron chi connectivity index (χ4n) is 2.39. The minimum atomic E-state index is -3.38. The van der Waals surface area contributed by atoms with Gasteiger partial charge in [-0.2, -0.15) is 11.8 Å². The number of sulfonamides is 1. The first-order valence-electron chi connectivity index (χ1n) is 7.48. The second kappa shape index (κ2) is 8.00. The van der Waals surface area contributed by atoms with Gasteiger partial charge in [-0.3, -0.25) is 4.79 Å². The Labute approximate surface area is 145 Å². The molecule has 9 heteroatoms. The predicted molar refractivity (Wildman–Crippen MR) is 93.2 cm³/mol. The summed E-state index contributed by atoms with van der Waals surface area (Å²) >= 11 is 1.72. The molecule has 132 valence electrons. The van der Waals surface area contributed by atoms with Crippen molar-refractivity contribution in [2.24, 2.45) is 0 Å². The Kier molecular flexibility index (Phi) is 6.25. The van der Waals surface area contributed by atoms with Crippen molar-refractivity contribution in [3.8, 4) is 0 Å². The van der Waals surface area contributed by atoms with Crippen LogP contribution >= 0.6 is 11.8 Å². The summed E-state index contributed by atoms with van der Waals surface area (Å²) < 4.78 is 25.8. The highest BCUT2D eigenvalue weighted by Crippen LogP contribution is 2.13. The summed E-state index contributed by atoms with van der Waals surface area (Å²) in [7, 11) is -3.38. The molecule has 0 saturated carbocycles. The van der Waals surface area contributed by atoms with E-state index in [-0.39, 0.29) is 23.4 Å². The van der Waals surface area contributed by atoms with E-state index >= 15 is 0 Å². The van der Waals surface area contributed by atoms with Crippen LogP contribution in [0.15, 0.2) is 18.2 Å². The lowest BCUT2D eigenvalue weighted by Gasteiger charge is -2.25. The van der Waals surface area contributed by atoms with Crippen LogP contribution in [0, 0.1) is 6.92 Å². The van der Waals surface area contributed by atoms with Crippen molar-refractivity contribution in [3.63, 3.8) is 0 Å². The molecule has 0 unspecified atom stereocenters. The highest BCUT2D eigenvalue weighted by atomic mass is 32.2. The van der Waals surface area contributed by atoms with E-state index in [0.717, 1.165) is 11.5 Å². The lowest BCUT2D eigenvalue weighted by molar-refractivity contribution is 0.0696. The number of hydrogen-bond acceptors (Lipinski definition) is 5. The molecule has 24 heavy (non-hydrogen) atoms. The van der Waals surface area contributed by atoms with Gasteiger partial charge < -0.3 is 10.4 Å². The van der Waals surface area contributed by atoms with Crippen LogP contribution in [-0.2, 0) is 10.0 Å². The van der Waals surface area contributed by atoms with Gasteiger partial charge in [-0.25, -0.2) is 17.5 Å². The second-order valence-electron chi connectivity index (χ2n) is 5.48. The minimum absolute atomic E-state index is 0.0127. The molecule has 0 spiro atoms. The van der Waals surface area contributed by atoms with Crippen LogP contribution in [0.2, 0.25) is 0 Å². The van der Waals surface area contributed by atoms with Gasteiger partial charge >= 0.3 is 5.97 Å². The lowest BCUT2D eigenvalue weighted by atomic mass is 10.1. The topological polar surface area (TPSA) is 104 Å². The molecule has 1 fully saturated rings. The van der Waals surface area contributed by atoms with E-state index in [0.29, 0.717) is 18.7 Å². The summed E-state index contributed by atoms with van der Waals surface area (Å²) in [6.45, 7) is 2.69. The van der Waals surface area contributed by atoms with Crippen molar-refractivity contribution in [2.75, 3.05) is 36.9 Å². The van der Waals surface area contributed by atoms with Gasteiger partial charge in [0.25, 0.3) is 5.91 Å². The number of thioether (sulfide) groups is 1. The predicted octanol–water partition coefficient (Wildman–Crippen LogP) is 0.802. The highest BCUT2D eigenvalue weighted by Gasteiger charge is 2.24. The van der Waals surface area contributed by atoms with Crippen molar-refractivity contribution in [1.29, 1.82) is 0 Å². The number of carbonyl (C=O) groups is 2. The maximum Gasteiger partial charge on any atom is 0.335 e. The number of carbonyl (C=O) groups excluding carboxylic acids is 1. The number of nitrogens with one attached hydrogen (secondary N) is 1. The molecule has 0 aliphatic carbocycles. The summed E-state index contributed by atoms with van der Waals surface area (Å²) in [6, 6.07) is 4.32. The third-order valence-corrected chi connectivity index (χ3v) is 6.41. The van der Waals surface area contributed by atoms with Crippen LogP contribution in [0.25, 0.3) is 0 Å². The molecule has 1 saturated heterocycles. The number of aromatic carboxylic acids is 1. The van der Waals surface area contributed by atoms with Crippen molar-refractivity contribution in [3.05, 3.63) is 34.9 Å². The monoisotopic (exact) mass is 372 g/mol. The number of aryl methyl sites for hydroxylation is 1. The summed E-state index contributed by atoms with van der Waals surface area (Å²) in [5.74, 6) is -0.190. The number of carboxylic acids is 1. The van der Waals surface area contributed by atoms with Crippen molar-refractivity contribution < 1.29 is 23.1 Å². The molecule has 7 nitrogen and oxygen atoms in total. The van der Waals surface area contributed by atoms with Crippen LogP contribution in [0.1, 0.15) is 26.3 Å². The summed E-state index contributed by atoms with van der Waals surface area (Å²) in [5.41, 5.74) is 0.885. The van der Waals surface area contributed by atoms with Gasteiger partial charge in [0.05, 0.1) is 11.3 Å². The second-order valence-corrected chi connectivity index (χ2v) is 8.79. The SMILES string of the molecule is Cc1cc(C(=O)O)cc(C(=O)NCCS(=O)(=O)N2CCSCC2)c1. The van der Waals surface area contributed by atoms with Gasteiger partial charge in [0.15, 0.2) is 0 Å². The quantitative estimate of drug-likeness (QED) is 0.766. The van der Waals surface area contributed by atoms with Gasteiger partial charge in [0.1, 0.15) is 0 Å². The van der Waals surface area contributed by atoms with Crippen LogP contribution in [0.5, 0.6) is 0 Å². The third-order valence-electron chi connectivity index (χ3n) is 3.60. The summed E-state index contributed by atoms with van der Waals surface area (Å²) in [4.78, 5) is 23.1. The molecular weight excluding hydrogens is 352 g/mol. The Morgan fingerprint density at radius 2 is 1.83 bits per heavy atom. The van der Waals surface area contributed by atoms with Crippen LogP contribution < -0.4 is 5.32 Å². The van der Waals surface area contributed by atoms with E-state index in [1.165, 1.54) is 16.4 Å². The number of amides is 1. The molecule has 1 heterocycles. The van der Waals surface area contributed by atoms with Gasteiger partial charge in [-0.05, 0) is 30.7 Å². The average Bonchev–Trinajstić information content (AvgIpc) is 2.54. The number of nitrogens with zero attached hydrogens (tertiary/aromatic N) is 1. The third kappa shape index (κ3) is 4.96. The maximum absolute atomic E-state index is 12.2. The minimum Gasteiger partial charge on any atom is -0.478 e. The van der Waals surface area contributed by atoms with E-state index in [4.69, 9.17) is 5.11 Å². The molecule has 2 rings (SSSR count). The van der Waals surface area contributed by atoms with Gasteiger partial charge in [0.2, 0.25) is 10.0 Å². The molecule has 1 aliphatic heterocycles. The van der Waals surface area contributed by atoms with Gasteiger partial charge in [0, 0.05) is 36.7 Å². The van der Waals surface area contributed by atoms with Gasteiger partial charge in [-0.15, -0.1) is 0 Å². The Hall–Kier alpha value is -1.58. The smallest absolute Gasteiger partial charge is 0.335 e. The number of hydrogen-bond donors (Lipinski definition) is 2. The Bertz CT molecular complexity index is 727. The number of carboxylic acid groups (broad SMARTS) is 1. The zero-order chi connectivity index (χ0) is 17.7. The highest BCUT2D eigenvalue weighted by molar-refractivity contribution is 7.99. The molecule has 1 amide bonds. The molecule has 0 aromatic heterocycles. The molecule has 1 aromatic rings. The Morgan fingerprint density at radius 3 is 2.46 bits per heavy atom. The van der Waals surface area contributed by atoms with E-state index in [1.54, 1.807) is 24.8 Å². The summed E-state index contributed by atoms with van der Waals surface area (Å²) in [6.07, 6.45) is 0. The van der Waals surface area contributed by atoms with Crippen molar-refractivity contribution in [1.82, 2.24) is 9.62 Å². The van der Waals surface area contributed by atoms with Crippen molar-refractivity contribution >= 4 is 33.7 Å². The van der Waals surface area contributed by atoms with Crippen molar-refractivity contribution in [2.45, 2.75) is 6.92 Å². The molecular formula is C15H20N2O5S2.